The van der Waals surface area contributed by atoms with Crippen molar-refractivity contribution < 1.29 is 4.79 Å². The van der Waals surface area contributed by atoms with Crippen LogP contribution in [0.25, 0.3) is 0 Å². The van der Waals surface area contributed by atoms with Crippen LogP contribution in [0.5, 0.6) is 0 Å². The third kappa shape index (κ3) is 3.18. The minimum atomic E-state index is -0.00268. The Morgan fingerprint density at radius 2 is 1.79 bits per heavy atom. The molecule has 1 fully saturated rings. The van der Waals surface area contributed by atoms with Crippen molar-refractivity contribution in [1.82, 2.24) is 9.99 Å². The van der Waals surface area contributed by atoms with Gasteiger partial charge in [-0.15, -0.1) is 0 Å². The van der Waals surface area contributed by atoms with Crippen molar-refractivity contribution in [2.24, 2.45) is 0 Å². The average Bonchev–Trinajstić information content (AvgIpc) is 2.71. The lowest BCUT2D eigenvalue weighted by molar-refractivity contribution is -0.118. The number of hydrogen-bond donors (Lipinski definition) is 2. The summed E-state index contributed by atoms with van der Waals surface area (Å²) in [4.78, 5) is 12.3. The molecular weight excluding hydrogens is 238 g/mol. The van der Waals surface area contributed by atoms with E-state index < -0.39 is 0 Å². The van der Waals surface area contributed by atoms with Crippen LogP contribution in [-0.2, 0) is 4.79 Å². The summed E-state index contributed by atoms with van der Waals surface area (Å²) in [7, 11) is 1.98. The molecule has 0 atom stereocenters. The summed E-state index contributed by atoms with van der Waals surface area (Å²) in [5, 5.41) is 3.39. The molecule has 0 spiro atoms. The second-order valence-electron chi connectivity index (χ2n) is 5.75. The molecular formula is C15H25N3O. The van der Waals surface area contributed by atoms with Crippen LogP contribution in [0.2, 0.25) is 0 Å². The van der Waals surface area contributed by atoms with Crippen molar-refractivity contribution in [2.45, 2.75) is 57.9 Å². The number of nitrogens with one attached hydrogen (secondary N) is 2. The molecule has 1 saturated carbocycles. The first kappa shape index (κ1) is 14.1. The minimum Gasteiger partial charge on any atom is -0.314 e. The molecule has 1 heterocycles. The third-order valence-electron chi connectivity index (χ3n) is 4.35. The Morgan fingerprint density at radius 1 is 1.21 bits per heavy atom. The number of aromatic nitrogens is 1. The summed E-state index contributed by atoms with van der Waals surface area (Å²) < 4.78 is 1.87. The Balaban J connectivity index is 2.00. The van der Waals surface area contributed by atoms with Crippen molar-refractivity contribution in [1.29, 1.82) is 0 Å². The molecule has 19 heavy (non-hydrogen) atoms. The Hall–Kier alpha value is -1.29. The number of carbonyl (C=O) groups excluding carboxylic acids is 1. The Kier molecular flexibility index (Phi) is 4.30. The number of rotatable bonds is 4. The van der Waals surface area contributed by atoms with Crippen molar-refractivity contribution in [2.75, 3.05) is 12.5 Å². The zero-order valence-electron chi connectivity index (χ0n) is 12.3. The first-order valence-electron chi connectivity index (χ1n) is 7.20. The third-order valence-corrected chi connectivity index (χ3v) is 4.35. The van der Waals surface area contributed by atoms with Crippen LogP contribution in [0, 0.1) is 13.8 Å². The van der Waals surface area contributed by atoms with Crippen molar-refractivity contribution in [3.63, 3.8) is 0 Å². The number of aryl methyl sites for hydroxylation is 2. The van der Waals surface area contributed by atoms with E-state index in [1.807, 2.05) is 37.7 Å². The highest BCUT2D eigenvalue weighted by Crippen LogP contribution is 2.30. The Morgan fingerprint density at radius 3 is 2.32 bits per heavy atom. The van der Waals surface area contributed by atoms with Crippen LogP contribution in [0.4, 0.5) is 0 Å². The van der Waals surface area contributed by atoms with Gasteiger partial charge in [-0.25, -0.2) is 0 Å². The lowest BCUT2D eigenvalue weighted by Gasteiger charge is -2.36. The first-order valence-corrected chi connectivity index (χ1v) is 7.20. The van der Waals surface area contributed by atoms with Crippen molar-refractivity contribution in [3.05, 3.63) is 23.5 Å². The van der Waals surface area contributed by atoms with E-state index in [1.54, 1.807) is 0 Å². The predicted octanol–water partition coefficient (Wildman–Crippen LogP) is 2.49. The molecule has 0 bridgehead atoms. The van der Waals surface area contributed by atoms with Gasteiger partial charge in [-0.2, -0.15) is 0 Å². The molecule has 1 aromatic heterocycles. The van der Waals surface area contributed by atoms with Gasteiger partial charge in [-0.1, -0.05) is 19.3 Å². The molecule has 1 aliphatic carbocycles. The van der Waals surface area contributed by atoms with Crippen molar-refractivity contribution >= 4 is 5.91 Å². The summed E-state index contributed by atoms with van der Waals surface area (Å²) in [6.45, 7) is 4.00. The maximum Gasteiger partial charge on any atom is 0.240 e. The van der Waals surface area contributed by atoms with E-state index in [1.165, 1.54) is 19.3 Å². The molecule has 0 unspecified atom stereocenters. The molecule has 0 aromatic carbocycles. The van der Waals surface area contributed by atoms with Gasteiger partial charge in [0.25, 0.3) is 0 Å². The average molecular weight is 263 g/mol. The summed E-state index contributed by atoms with van der Waals surface area (Å²) in [5.41, 5.74) is 5.13. The van der Waals surface area contributed by atoms with Crippen molar-refractivity contribution in [3.8, 4) is 0 Å². The van der Waals surface area contributed by atoms with E-state index in [9.17, 15) is 4.79 Å². The van der Waals surface area contributed by atoms with Crippen LogP contribution < -0.4 is 10.7 Å². The standard InChI is InChI=1S/C15H25N3O/c1-12-7-8-13(2)18(12)17-14(19)11-15(16-3)9-5-4-6-10-15/h7-8,16H,4-6,9-11H2,1-3H3,(H,17,19). The Labute approximate surface area is 115 Å². The van der Waals surface area contributed by atoms with Crippen LogP contribution in [0.1, 0.15) is 49.9 Å². The van der Waals surface area contributed by atoms with E-state index in [0.29, 0.717) is 6.42 Å². The largest absolute Gasteiger partial charge is 0.314 e. The first-order chi connectivity index (χ1) is 9.06. The number of nitrogens with zero attached hydrogens (tertiary/aromatic N) is 1. The van der Waals surface area contributed by atoms with E-state index in [-0.39, 0.29) is 11.4 Å². The number of hydrogen-bond acceptors (Lipinski definition) is 2. The predicted molar refractivity (Wildman–Crippen MR) is 77.8 cm³/mol. The smallest absolute Gasteiger partial charge is 0.240 e. The topological polar surface area (TPSA) is 46.1 Å². The van der Waals surface area contributed by atoms with Gasteiger partial charge < -0.3 is 5.32 Å². The van der Waals surface area contributed by atoms with Gasteiger partial charge in [0.05, 0.1) is 0 Å². The summed E-state index contributed by atoms with van der Waals surface area (Å²) in [5.74, 6) is 0.0960. The highest BCUT2D eigenvalue weighted by molar-refractivity contribution is 5.85. The number of carbonyl (C=O) groups is 1. The fourth-order valence-electron chi connectivity index (χ4n) is 3.06. The molecule has 4 heteroatoms. The summed E-state index contributed by atoms with van der Waals surface area (Å²) in [6.07, 6.45) is 6.48. The van der Waals surface area contributed by atoms with Gasteiger partial charge in [-0.3, -0.25) is 14.9 Å². The quantitative estimate of drug-likeness (QED) is 0.876. The highest BCUT2D eigenvalue weighted by atomic mass is 16.2. The van der Waals surface area contributed by atoms with Gasteiger partial charge in [0.1, 0.15) is 0 Å². The van der Waals surface area contributed by atoms with E-state index in [4.69, 9.17) is 0 Å². The highest BCUT2D eigenvalue weighted by Gasteiger charge is 2.32. The lowest BCUT2D eigenvalue weighted by Crippen LogP contribution is -2.48. The fraction of sp³-hybridized carbons (Fsp3) is 0.667. The van der Waals surface area contributed by atoms with E-state index in [0.717, 1.165) is 24.2 Å². The summed E-state index contributed by atoms with van der Waals surface area (Å²) in [6, 6.07) is 4.04. The van der Waals surface area contributed by atoms with Gasteiger partial charge in [-0.05, 0) is 45.9 Å². The molecule has 2 N–H and O–H groups in total. The second kappa shape index (κ2) is 5.78. The van der Waals surface area contributed by atoms with Gasteiger partial charge in [0, 0.05) is 23.3 Å². The Bertz CT molecular complexity index is 425. The molecule has 1 aliphatic rings. The van der Waals surface area contributed by atoms with Crippen LogP contribution >= 0.6 is 0 Å². The minimum absolute atomic E-state index is 0.00268. The molecule has 1 aromatic rings. The second-order valence-corrected chi connectivity index (χ2v) is 5.75. The fourth-order valence-corrected chi connectivity index (χ4v) is 3.06. The van der Waals surface area contributed by atoms with Gasteiger partial charge in [0.2, 0.25) is 5.91 Å². The SMILES string of the molecule is CNC1(CC(=O)Nn2c(C)ccc2C)CCCCC1. The van der Waals surface area contributed by atoms with E-state index >= 15 is 0 Å². The lowest BCUT2D eigenvalue weighted by atomic mass is 9.79. The normalized spacial score (nSPS) is 18.3. The number of amides is 1. The molecule has 1 amide bonds. The van der Waals surface area contributed by atoms with Gasteiger partial charge >= 0.3 is 0 Å². The van der Waals surface area contributed by atoms with Crippen LogP contribution in [0.15, 0.2) is 12.1 Å². The molecule has 2 rings (SSSR count). The molecule has 0 saturated heterocycles. The molecule has 4 nitrogen and oxygen atoms in total. The van der Waals surface area contributed by atoms with E-state index in [2.05, 4.69) is 10.7 Å². The molecule has 0 aliphatic heterocycles. The van der Waals surface area contributed by atoms with Gasteiger partial charge in [0.15, 0.2) is 0 Å². The molecule has 0 radical (unpaired) electrons. The maximum atomic E-state index is 12.3. The van der Waals surface area contributed by atoms with Crippen LogP contribution in [0.3, 0.4) is 0 Å². The zero-order valence-corrected chi connectivity index (χ0v) is 12.3. The zero-order chi connectivity index (χ0) is 13.9. The molecule has 106 valence electrons. The van der Waals surface area contributed by atoms with Crippen LogP contribution in [-0.4, -0.2) is 23.2 Å². The monoisotopic (exact) mass is 263 g/mol. The summed E-state index contributed by atoms with van der Waals surface area (Å²) >= 11 is 0. The maximum absolute atomic E-state index is 12.3.